The molecule has 0 aromatic carbocycles. The third kappa shape index (κ3) is 1.68. The maximum absolute atomic E-state index is 10.9. The van der Waals surface area contributed by atoms with Crippen molar-refractivity contribution < 1.29 is 4.79 Å². The molecule has 0 aliphatic carbocycles. The number of thioether (sulfide) groups is 1. The number of hydrogen-bond donors (Lipinski definition) is 0. The van der Waals surface area contributed by atoms with Crippen LogP contribution in [-0.2, 0) is 4.79 Å². The van der Waals surface area contributed by atoms with E-state index in [0.717, 1.165) is 5.75 Å². The van der Waals surface area contributed by atoms with Gasteiger partial charge in [0.15, 0.2) is 5.88 Å². The average molecular weight is 153 g/mol. The molecule has 1 rings (SSSR count). The molecule has 1 amide bonds. The normalized spacial score (nSPS) is 18.1. The number of nitrogens with zero attached hydrogens (tertiary/aromatic N) is 1. The maximum atomic E-state index is 10.9. The largest absolute Gasteiger partial charge is 0.274 e. The van der Waals surface area contributed by atoms with Crippen LogP contribution in [0.5, 0.6) is 0 Å². The molecule has 0 aromatic rings. The topological polar surface area (TPSA) is 20.3 Å². The Balaban J connectivity index is 2.53. The van der Waals surface area contributed by atoms with Gasteiger partial charge in [0, 0.05) is 18.2 Å². The smallest absolute Gasteiger partial charge is 0.236 e. The van der Waals surface area contributed by atoms with Crippen LogP contribution in [0.4, 0.5) is 0 Å². The first-order chi connectivity index (χ1) is 4.84. The summed E-state index contributed by atoms with van der Waals surface area (Å²) >= 11 is 1.50. The van der Waals surface area contributed by atoms with Gasteiger partial charge in [-0.25, -0.2) is 4.90 Å². The minimum absolute atomic E-state index is 0.0492. The lowest BCUT2D eigenvalue weighted by molar-refractivity contribution is -0.126. The molecule has 10 heavy (non-hydrogen) atoms. The van der Waals surface area contributed by atoms with Gasteiger partial charge < -0.3 is 0 Å². The Morgan fingerprint density at radius 2 is 2.60 bits per heavy atom. The molecule has 52 valence electrons. The highest BCUT2D eigenvalue weighted by atomic mass is 32.2. The van der Waals surface area contributed by atoms with Gasteiger partial charge in [0.2, 0.25) is 5.91 Å². The van der Waals surface area contributed by atoms with Crippen molar-refractivity contribution in [2.45, 2.75) is 13.3 Å². The van der Waals surface area contributed by atoms with Crippen LogP contribution >= 0.6 is 11.8 Å². The third-order valence-electron chi connectivity index (χ3n) is 1.05. The molecular formula is C7H7NOS. The Labute approximate surface area is 65.0 Å². The standard InChI is InChI=1S/C7H7NOS/c1-2-4-8-6-10-5-3-7(8)9/h3,5H2,1H3. The Bertz CT molecular complexity index is 192. The van der Waals surface area contributed by atoms with E-state index in [2.05, 4.69) is 17.8 Å². The Morgan fingerprint density at radius 1 is 1.80 bits per heavy atom. The number of carbonyl (C=O) groups is 1. The fourth-order valence-corrected chi connectivity index (χ4v) is 1.25. The summed E-state index contributed by atoms with van der Waals surface area (Å²) in [6, 6.07) is 2.64. The number of hydrogen-bond acceptors (Lipinski definition) is 2. The second kappa shape index (κ2) is 3.52. The van der Waals surface area contributed by atoms with Gasteiger partial charge in [-0.05, 0) is 6.92 Å². The average Bonchev–Trinajstić information content (AvgIpc) is 1.94. The van der Waals surface area contributed by atoms with Crippen molar-refractivity contribution in [2.24, 2.45) is 0 Å². The third-order valence-corrected chi connectivity index (χ3v) is 1.77. The molecule has 0 aromatic heterocycles. The highest BCUT2D eigenvalue weighted by molar-refractivity contribution is 8.01. The number of carbonyl (C=O) groups excluding carboxylic acids is 1. The zero-order valence-corrected chi connectivity index (χ0v) is 6.49. The van der Waals surface area contributed by atoms with Gasteiger partial charge in [-0.2, -0.15) is 0 Å². The summed E-state index contributed by atoms with van der Waals surface area (Å²) in [5, 5.41) is 0. The van der Waals surface area contributed by atoms with Crippen LogP contribution in [0.25, 0.3) is 0 Å². The van der Waals surface area contributed by atoms with E-state index in [-0.39, 0.29) is 5.91 Å². The molecule has 0 bridgehead atoms. The van der Waals surface area contributed by atoms with Crippen molar-refractivity contribution in [3.63, 3.8) is 0 Å². The lowest BCUT2D eigenvalue weighted by atomic mass is 10.4. The van der Waals surface area contributed by atoms with Gasteiger partial charge >= 0.3 is 0 Å². The Hall–Kier alpha value is -0.620. The van der Waals surface area contributed by atoms with Gasteiger partial charge in [0.25, 0.3) is 0 Å². The van der Waals surface area contributed by atoms with E-state index >= 15 is 0 Å². The first kappa shape index (κ1) is 7.49. The summed E-state index contributed by atoms with van der Waals surface area (Å²) in [5.74, 6) is 6.33. The summed E-state index contributed by atoms with van der Waals surface area (Å²) in [4.78, 5) is 12.3. The van der Waals surface area contributed by atoms with Crippen molar-refractivity contribution in [1.29, 1.82) is 0 Å². The van der Waals surface area contributed by atoms with Crippen LogP contribution in [0.1, 0.15) is 13.3 Å². The predicted octanol–water partition coefficient (Wildman–Crippen LogP) is 0.929. The molecule has 1 fully saturated rings. The number of amides is 1. The highest BCUT2D eigenvalue weighted by Crippen LogP contribution is 2.17. The summed E-state index contributed by atoms with van der Waals surface area (Å²) in [7, 11) is 0. The number of rotatable bonds is 0. The molecule has 1 aliphatic heterocycles. The van der Waals surface area contributed by atoms with Gasteiger partial charge in [-0.1, -0.05) is 5.92 Å². The summed E-state index contributed by atoms with van der Waals surface area (Å²) < 4.78 is 0. The first-order valence-corrected chi connectivity index (χ1v) is 3.96. The van der Waals surface area contributed by atoms with Crippen LogP contribution in [-0.4, -0.2) is 16.6 Å². The molecule has 3 heteroatoms. The van der Waals surface area contributed by atoms with E-state index in [1.54, 1.807) is 6.92 Å². The van der Waals surface area contributed by atoms with Gasteiger partial charge in [-0.15, -0.1) is 11.8 Å². The van der Waals surface area contributed by atoms with Crippen LogP contribution in [0.3, 0.4) is 0 Å². The van der Waals surface area contributed by atoms with Crippen molar-refractivity contribution >= 4 is 17.7 Å². The second-order valence-corrected chi connectivity index (χ2v) is 2.66. The SMILES string of the molecule is CC#CN1[C]SCCC1=O. The van der Waals surface area contributed by atoms with Crippen molar-refractivity contribution in [2.75, 3.05) is 5.75 Å². The molecule has 1 aliphatic rings. The van der Waals surface area contributed by atoms with E-state index in [4.69, 9.17) is 0 Å². The molecule has 1 saturated heterocycles. The van der Waals surface area contributed by atoms with Crippen molar-refractivity contribution in [1.82, 2.24) is 4.90 Å². The zero-order chi connectivity index (χ0) is 7.40. The van der Waals surface area contributed by atoms with Gasteiger partial charge in [0.1, 0.15) is 0 Å². The van der Waals surface area contributed by atoms with E-state index in [0.29, 0.717) is 6.42 Å². The van der Waals surface area contributed by atoms with E-state index < -0.39 is 0 Å². The van der Waals surface area contributed by atoms with Crippen molar-refractivity contribution in [3.05, 3.63) is 5.88 Å². The Morgan fingerprint density at radius 3 is 3.20 bits per heavy atom. The molecule has 1 heterocycles. The Kier molecular flexibility index (Phi) is 2.64. The molecule has 0 atom stereocenters. The van der Waals surface area contributed by atoms with Crippen LogP contribution in [0.15, 0.2) is 0 Å². The summed E-state index contributed by atoms with van der Waals surface area (Å²) in [6.45, 7) is 1.70. The monoisotopic (exact) mass is 153 g/mol. The summed E-state index contributed by atoms with van der Waals surface area (Å²) in [6.07, 6.45) is 0.576. The molecule has 0 saturated carbocycles. The minimum atomic E-state index is 0.0492. The first-order valence-electron chi connectivity index (χ1n) is 2.97. The fourth-order valence-electron chi connectivity index (χ4n) is 0.608. The van der Waals surface area contributed by atoms with E-state index in [1.807, 2.05) is 0 Å². The van der Waals surface area contributed by atoms with Crippen LogP contribution < -0.4 is 0 Å². The molecule has 2 nitrogen and oxygen atoms in total. The maximum Gasteiger partial charge on any atom is 0.236 e. The fraction of sp³-hybridized carbons (Fsp3) is 0.429. The van der Waals surface area contributed by atoms with E-state index in [9.17, 15) is 4.79 Å². The van der Waals surface area contributed by atoms with Crippen LogP contribution in [0.2, 0.25) is 0 Å². The van der Waals surface area contributed by atoms with Crippen LogP contribution in [0, 0.1) is 17.8 Å². The van der Waals surface area contributed by atoms with Crippen molar-refractivity contribution in [3.8, 4) is 12.0 Å². The molecular weight excluding hydrogens is 146 g/mol. The van der Waals surface area contributed by atoms with Gasteiger partial charge in [-0.3, -0.25) is 4.79 Å². The quantitative estimate of drug-likeness (QED) is 0.482. The zero-order valence-electron chi connectivity index (χ0n) is 5.68. The summed E-state index contributed by atoms with van der Waals surface area (Å²) in [5.41, 5.74) is 0. The second-order valence-electron chi connectivity index (χ2n) is 1.78. The molecule has 0 spiro atoms. The lowest BCUT2D eigenvalue weighted by Crippen LogP contribution is -2.26. The molecule has 0 N–H and O–H groups in total. The lowest BCUT2D eigenvalue weighted by Gasteiger charge is -2.17. The minimum Gasteiger partial charge on any atom is -0.274 e. The highest BCUT2D eigenvalue weighted by Gasteiger charge is 2.17. The van der Waals surface area contributed by atoms with Gasteiger partial charge in [0.05, 0.1) is 0 Å². The molecule has 2 radical (unpaired) electrons. The predicted molar refractivity (Wildman–Crippen MR) is 40.6 cm³/mol. The molecule has 0 unspecified atom stereocenters. The van der Waals surface area contributed by atoms with E-state index in [1.165, 1.54) is 16.7 Å².